The molecule has 1 heterocycles. The zero-order valence-electron chi connectivity index (χ0n) is 9.33. The zero-order valence-corrected chi connectivity index (χ0v) is 10.1. The summed E-state index contributed by atoms with van der Waals surface area (Å²) in [5.74, 6) is 1.000. The minimum absolute atomic E-state index is 0.0779. The average molecular weight is 216 g/mol. The van der Waals surface area contributed by atoms with Gasteiger partial charge in [-0.3, -0.25) is 4.79 Å². The van der Waals surface area contributed by atoms with Crippen LogP contribution in [0.1, 0.15) is 27.7 Å². The van der Waals surface area contributed by atoms with Crippen LogP contribution in [-0.4, -0.2) is 28.5 Å². The summed E-state index contributed by atoms with van der Waals surface area (Å²) in [6, 6.07) is 0.229. The van der Waals surface area contributed by atoms with Gasteiger partial charge in [0.05, 0.1) is 6.04 Å². The second-order valence-corrected chi connectivity index (χ2v) is 6.30. The van der Waals surface area contributed by atoms with Crippen LogP contribution >= 0.6 is 11.8 Å². The van der Waals surface area contributed by atoms with Crippen LogP contribution in [0.5, 0.6) is 0 Å². The van der Waals surface area contributed by atoms with Crippen LogP contribution in [0.25, 0.3) is 0 Å². The first-order valence-electron chi connectivity index (χ1n) is 5.04. The van der Waals surface area contributed by atoms with Gasteiger partial charge in [-0.15, -0.1) is 0 Å². The lowest BCUT2D eigenvalue weighted by molar-refractivity contribution is -0.125. The molecule has 0 aliphatic carbocycles. The first-order chi connectivity index (χ1) is 6.34. The second-order valence-electron chi connectivity index (χ2n) is 4.62. The smallest absolute Gasteiger partial charge is 0.224 e. The van der Waals surface area contributed by atoms with Crippen LogP contribution in [0.4, 0.5) is 0 Å². The topological polar surface area (TPSA) is 55.1 Å². The molecule has 0 aromatic heterocycles. The fourth-order valence-corrected chi connectivity index (χ4v) is 2.40. The Morgan fingerprint density at radius 3 is 2.43 bits per heavy atom. The lowest BCUT2D eigenvalue weighted by atomic mass is 10.00. The fourth-order valence-electron chi connectivity index (χ4n) is 1.26. The maximum atomic E-state index is 11.7. The molecule has 1 fully saturated rings. The molecular formula is C10H20N2OS. The summed E-state index contributed by atoms with van der Waals surface area (Å²) in [6.07, 6.45) is 0. The first-order valence-corrected chi connectivity index (χ1v) is 6.03. The van der Waals surface area contributed by atoms with Crippen LogP contribution in [0.2, 0.25) is 0 Å². The molecule has 0 radical (unpaired) electrons. The van der Waals surface area contributed by atoms with Gasteiger partial charge in [0.25, 0.3) is 0 Å². The Kier molecular flexibility index (Phi) is 3.48. The number of hydrogen-bond acceptors (Lipinski definition) is 3. The van der Waals surface area contributed by atoms with E-state index in [4.69, 9.17) is 5.73 Å². The maximum absolute atomic E-state index is 11.7. The Balaban J connectivity index is 2.42. The van der Waals surface area contributed by atoms with Gasteiger partial charge in [-0.25, -0.2) is 0 Å². The van der Waals surface area contributed by atoms with E-state index >= 15 is 0 Å². The van der Waals surface area contributed by atoms with Crippen molar-refractivity contribution in [2.24, 2.45) is 11.7 Å². The number of hydrogen-bond donors (Lipinski definition) is 2. The van der Waals surface area contributed by atoms with E-state index in [1.807, 2.05) is 25.6 Å². The number of carbonyl (C=O) groups excluding carboxylic acids is 1. The number of thioether (sulfide) groups is 1. The Bertz CT molecular complexity index is 228. The van der Waals surface area contributed by atoms with Gasteiger partial charge < -0.3 is 11.1 Å². The van der Waals surface area contributed by atoms with Gasteiger partial charge in [-0.05, 0) is 20.8 Å². The number of nitrogens with one attached hydrogen (secondary N) is 1. The molecule has 0 aromatic carbocycles. The van der Waals surface area contributed by atoms with E-state index in [-0.39, 0.29) is 22.6 Å². The molecule has 1 amide bonds. The summed E-state index contributed by atoms with van der Waals surface area (Å²) in [5.41, 5.74) is 5.67. The molecule has 0 spiro atoms. The summed E-state index contributed by atoms with van der Waals surface area (Å²) in [7, 11) is 0. The number of amides is 1. The normalized spacial score (nSPS) is 28.8. The molecule has 0 saturated carbocycles. The van der Waals surface area contributed by atoms with Crippen molar-refractivity contribution < 1.29 is 4.79 Å². The standard InChI is InChI=1S/C10H20N2OS/c1-6(7(2)11)9(13)12-8-5-14-10(8,3)4/h6-8H,5,11H2,1-4H3,(H,12,13). The van der Waals surface area contributed by atoms with Crippen LogP contribution in [0.3, 0.4) is 0 Å². The van der Waals surface area contributed by atoms with E-state index in [9.17, 15) is 4.79 Å². The first kappa shape index (κ1) is 11.9. The predicted octanol–water partition coefficient (Wildman–Crippen LogP) is 0.980. The number of nitrogens with two attached hydrogens (primary N) is 1. The van der Waals surface area contributed by atoms with Gasteiger partial charge in [-0.1, -0.05) is 6.92 Å². The molecule has 0 bridgehead atoms. The molecule has 1 rings (SSSR count). The summed E-state index contributed by atoms with van der Waals surface area (Å²) >= 11 is 1.89. The third kappa shape index (κ3) is 2.42. The SMILES string of the molecule is CC(N)C(C)C(=O)NC1CSC1(C)C. The van der Waals surface area contributed by atoms with E-state index < -0.39 is 0 Å². The summed E-state index contributed by atoms with van der Waals surface area (Å²) in [6.45, 7) is 8.05. The fraction of sp³-hybridized carbons (Fsp3) is 0.900. The van der Waals surface area contributed by atoms with E-state index in [1.54, 1.807) is 0 Å². The van der Waals surface area contributed by atoms with E-state index in [0.717, 1.165) is 5.75 Å². The van der Waals surface area contributed by atoms with Crippen LogP contribution < -0.4 is 11.1 Å². The van der Waals surface area contributed by atoms with Crippen molar-refractivity contribution in [3.8, 4) is 0 Å². The lowest BCUT2D eigenvalue weighted by Crippen LogP contribution is -2.58. The number of rotatable bonds is 3. The Labute approximate surface area is 90.2 Å². The van der Waals surface area contributed by atoms with Gasteiger partial charge in [0.2, 0.25) is 5.91 Å². The molecule has 3 unspecified atom stereocenters. The Morgan fingerprint density at radius 1 is 1.57 bits per heavy atom. The van der Waals surface area contributed by atoms with Gasteiger partial charge in [0, 0.05) is 22.5 Å². The van der Waals surface area contributed by atoms with Crippen molar-refractivity contribution in [2.75, 3.05) is 5.75 Å². The Morgan fingerprint density at radius 2 is 2.14 bits per heavy atom. The van der Waals surface area contributed by atoms with E-state index in [0.29, 0.717) is 6.04 Å². The molecule has 1 saturated heterocycles. The Hall–Kier alpha value is -0.220. The highest BCUT2D eigenvalue weighted by Crippen LogP contribution is 2.39. The highest BCUT2D eigenvalue weighted by Gasteiger charge is 2.40. The molecular weight excluding hydrogens is 196 g/mol. The summed E-state index contributed by atoms with van der Waals surface area (Å²) in [4.78, 5) is 11.7. The van der Waals surface area contributed by atoms with Crippen molar-refractivity contribution in [3.05, 3.63) is 0 Å². The third-order valence-electron chi connectivity index (χ3n) is 2.98. The molecule has 3 nitrogen and oxygen atoms in total. The molecule has 3 N–H and O–H groups in total. The molecule has 1 aliphatic heterocycles. The van der Waals surface area contributed by atoms with E-state index in [2.05, 4.69) is 19.2 Å². The molecule has 0 aromatic rings. The van der Waals surface area contributed by atoms with Gasteiger partial charge in [0.1, 0.15) is 0 Å². The monoisotopic (exact) mass is 216 g/mol. The zero-order chi connectivity index (χ0) is 10.9. The third-order valence-corrected chi connectivity index (χ3v) is 4.51. The largest absolute Gasteiger partial charge is 0.351 e. The second kappa shape index (κ2) is 4.11. The van der Waals surface area contributed by atoms with Crippen LogP contribution in [0, 0.1) is 5.92 Å². The van der Waals surface area contributed by atoms with Gasteiger partial charge in [0.15, 0.2) is 0 Å². The number of carbonyl (C=O) groups is 1. The molecule has 3 atom stereocenters. The van der Waals surface area contributed by atoms with Crippen LogP contribution in [-0.2, 0) is 4.79 Å². The van der Waals surface area contributed by atoms with E-state index in [1.165, 1.54) is 0 Å². The maximum Gasteiger partial charge on any atom is 0.224 e. The van der Waals surface area contributed by atoms with Gasteiger partial charge >= 0.3 is 0 Å². The van der Waals surface area contributed by atoms with Crippen LogP contribution in [0.15, 0.2) is 0 Å². The minimum atomic E-state index is -0.101. The highest BCUT2D eigenvalue weighted by molar-refractivity contribution is 8.02. The summed E-state index contributed by atoms with van der Waals surface area (Å²) < 4.78 is 0.188. The van der Waals surface area contributed by atoms with Crippen molar-refractivity contribution in [1.29, 1.82) is 0 Å². The minimum Gasteiger partial charge on any atom is -0.351 e. The lowest BCUT2D eigenvalue weighted by Gasteiger charge is -2.44. The molecule has 82 valence electrons. The van der Waals surface area contributed by atoms with Crippen molar-refractivity contribution in [2.45, 2.75) is 44.5 Å². The van der Waals surface area contributed by atoms with Crippen molar-refractivity contribution in [1.82, 2.24) is 5.32 Å². The summed E-state index contributed by atoms with van der Waals surface area (Å²) in [5, 5.41) is 3.05. The predicted molar refractivity (Wildman–Crippen MR) is 61.3 cm³/mol. The average Bonchev–Trinajstić information content (AvgIpc) is 2.10. The van der Waals surface area contributed by atoms with Crippen molar-refractivity contribution >= 4 is 17.7 Å². The van der Waals surface area contributed by atoms with Crippen molar-refractivity contribution in [3.63, 3.8) is 0 Å². The quantitative estimate of drug-likeness (QED) is 0.739. The molecule has 14 heavy (non-hydrogen) atoms. The molecule has 1 aliphatic rings. The highest BCUT2D eigenvalue weighted by atomic mass is 32.2. The molecule has 4 heteroatoms. The van der Waals surface area contributed by atoms with Gasteiger partial charge in [-0.2, -0.15) is 11.8 Å².